The lowest BCUT2D eigenvalue weighted by Gasteiger charge is -2.17. The number of thiophene rings is 1. The van der Waals surface area contributed by atoms with Crippen LogP contribution in [0.5, 0.6) is 0 Å². The number of thiazole rings is 1. The van der Waals surface area contributed by atoms with E-state index in [1.165, 1.54) is 35.8 Å². The maximum atomic E-state index is 13.5. The van der Waals surface area contributed by atoms with Crippen LogP contribution in [-0.4, -0.2) is 23.8 Å². The van der Waals surface area contributed by atoms with Gasteiger partial charge in [0.15, 0.2) is 11.6 Å². The predicted molar refractivity (Wildman–Crippen MR) is 108 cm³/mol. The topological polar surface area (TPSA) is 71.1 Å². The molecule has 146 valence electrons. The molecule has 2 aromatic heterocycles. The van der Waals surface area contributed by atoms with Crippen molar-refractivity contribution in [3.05, 3.63) is 62.4 Å². The number of carbonyl (C=O) groups excluding carboxylic acids is 2. The first-order valence-electron chi connectivity index (χ1n) is 8.02. The number of hydrogen-bond acceptors (Lipinski definition) is 5. The van der Waals surface area contributed by atoms with E-state index in [2.05, 4.69) is 31.5 Å². The third-order valence-corrected chi connectivity index (χ3v) is 6.51. The molecule has 1 unspecified atom stereocenters. The van der Waals surface area contributed by atoms with Crippen LogP contribution in [0, 0.1) is 11.6 Å². The van der Waals surface area contributed by atoms with Crippen molar-refractivity contribution in [1.82, 2.24) is 15.6 Å². The average molecular weight is 486 g/mol. The molecular weight excluding hydrogens is 472 g/mol. The van der Waals surface area contributed by atoms with Gasteiger partial charge in [-0.25, -0.2) is 13.8 Å². The Morgan fingerprint density at radius 2 is 1.96 bits per heavy atom. The molecule has 0 saturated carbocycles. The maximum Gasteiger partial charge on any atom is 0.246 e. The Balaban J connectivity index is 1.73. The molecule has 0 radical (unpaired) electrons. The summed E-state index contributed by atoms with van der Waals surface area (Å²) in [7, 11) is 1.40. The highest BCUT2D eigenvalue weighted by molar-refractivity contribution is 9.10. The van der Waals surface area contributed by atoms with Gasteiger partial charge < -0.3 is 10.6 Å². The first-order valence-corrected chi connectivity index (χ1v) is 10.6. The van der Waals surface area contributed by atoms with E-state index < -0.39 is 29.5 Å². The number of halogens is 3. The number of likely N-dealkylation sites (N-methyl/N-ethyl adjacent to an activating group) is 1. The van der Waals surface area contributed by atoms with Crippen molar-refractivity contribution >= 4 is 50.4 Å². The number of nitrogens with one attached hydrogen (secondary N) is 2. The fraction of sp³-hybridized carbons (Fsp3) is 0.167. The van der Waals surface area contributed by atoms with Gasteiger partial charge in [-0.2, -0.15) is 0 Å². The lowest BCUT2D eigenvalue weighted by molar-refractivity contribution is -0.128. The zero-order valence-electron chi connectivity index (χ0n) is 14.5. The third kappa shape index (κ3) is 4.81. The van der Waals surface area contributed by atoms with Crippen molar-refractivity contribution in [2.75, 3.05) is 7.05 Å². The molecule has 1 atom stereocenters. The van der Waals surface area contributed by atoms with Crippen molar-refractivity contribution in [2.24, 2.45) is 0 Å². The van der Waals surface area contributed by atoms with E-state index in [0.29, 0.717) is 5.69 Å². The molecule has 0 fully saturated rings. The fourth-order valence-electron chi connectivity index (χ4n) is 2.44. The minimum absolute atomic E-state index is 0.0415. The second-order valence-electron chi connectivity index (χ2n) is 5.74. The van der Waals surface area contributed by atoms with Crippen LogP contribution in [0.25, 0.3) is 9.88 Å². The van der Waals surface area contributed by atoms with Crippen LogP contribution in [0.1, 0.15) is 17.3 Å². The number of carbonyl (C=O) groups is 2. The lowest BCUT2D eigenvalue weighted by atomic mass is 10.1. The highest BCUT2D eigenvalue weighted by Crippen LogP contribution is 2.32. The van der Waals surface area contributed by atoms with E-state index in [-0.39, 0.29) is 12.0 Å². The highest BCUT2D eigenvalue weighted by atomic mass is 79.9. The van der Waals surface area contributed by atoms with Crippen LogP contribution in [0.15, 0.2) is 39.5 Å². The van der Waals surface area contributed by atoms with Gasteiger partial charge in [-0.3, -0.25) is 9.59 Å². The van der Waals surface area contributed by atoms with Crippen molar-refractivity contribution in [1.29, 1.82) is 0 Å². The summed E-state index contributed by atoms with van der Waals surface area (Å²) >= 11 is 6.34. The molecule has 0 saturated heterocycles. The summed E-state index contributed by atoms with van der Waals surface area (Å²) in [5.41, 5.74) is 0.706. The Kier molecular flexibility index (Phi) is 6.53. The molecule has 0 bridgehead atoms. The molecule has 28 heavy (non-hydrogen) atoms. The molecule has 0 aliphatic heterocycles. The van der Waals surface area contributed by atoms with E-state index in [4.69, 9.17) is 0 Å². The number of nitrogens with zero attached hydrogens (tertiary/aromatic N) is 1. The van der Waals surface area contributed by atoms with E-state index in [1.54, 1.807) is 5.38 Å². The molecule has 10 heteroatoms. The number of hydrogen-bond donors (Lipinski definition) is 2. The van der Waals surface area contributed by atoms with Gasteiger partial charge in [0.25, 0.3) is 0 Å². The first kappa shape index (κ1) is 20.6. The molecule has 0 aliphatic rings. The Morgan fingerprint density at radius 3 is 2.61 bits per heavy atom. The summed E-state index contributed by atoms with van der Waals surface area (Å²) in [5, 5.41) is 9.47. The lowest BCUT2D eigenvalue weighted by Crippen LogP contribution is -2.39. The van der Waals surface area contributed by atoms with E-state index >= 15 is 0 Å². The molecular formula is C18H14BrF2N3O2S2. The Labute approximate surface area is 175 Å². The summed E-state index contributed by atoms with van der Waals surface area (Å²) in [6.45, 7) is 0. The summed E-state index contributed by atoms with van der Waals surface area (Å²) in [5.74, 6) is -3.11. The van der Waals surface area contributed by atoms with Gasteiger partial charge in [0.2, 0.25) is 11.8 Å². The second kappa shape index (κ2) is 8.89. The van der Waals surface area contributed by atoms with E-state index in [1.807, 2.05) is 11.4 Å². The largest absolute Gasteiger partial charge is 0.357 e. The summed E-state index contributed by atoms with van der Waals surface area (Å²) in [4.78, 5) is 30.0. The van der Waals surface area contributed by atoms with Crippen molar-refractivity contribution in [3.8, 4) is 9.88 Å². The molecule has 2 heterocycles. The molecule has 2 N–H and O–H groups in total. The van der Waals surface area contributed by atoms with Crippen molar-refractivity contribution < 1.29 is 18.4 Å². The normalized spacial score (nSPS) is 11.9. The Morgan fingerprint density at radius 1 is 1.18 bits per heavy atom. The zero-order valence-corrected chi connectivity index (χ0v) is 17.7. The predicted octanol–water partition coefficient (Wildman–Crippen LogP) is 4.06. The Bertz CT molecular complexity index is 1020. The van der Waals surface area contributed by atoms with Crippen LogP contribution in [-0.2, 0) is 16.0 Å². The van der Waals surface area contributed by atoms with Gasteiger partial charge >= 0.3 is 0 Å². The quantitative estimate of drug-likeness (QED) is 0.552. The van der Waals surface area contributed by atoms with Crippen LogP contribution in [0.2, 0.25) is 0 Å². The second-order valence-corrected chi connectivity index (χ2v) is 8.42. The zero-order chi connectivity index (χ0) is 20.3. The third-order valence-electron chi connectivity index (χ3n) is 3.76. The van der Waals surface area contributed by atoms with Crippen molar-refractivity contribution in [2.45, 2.75) is 12.5 Å². The van der Waals surface area contributed by atoms with Gasteiger partial charge in [0, 0.05) is 22.3 Å². The summed E-state index contributed by atoms with van der Waals surface area (Å²) in [6.07, 6.45) is -0.0415. The van der Waals surface area contributed by atoms with Gasteiger partial charge in [0.05, 0.1) is 17.0 Å². The highest BCUT2D eigenvalue weighted by Gasteiger charge is 2.23. The summed E-state index contributed by atoms with van der Waals surface area (Å²) in [6, 6.07) is 3.87. The molecule has 2 amide bonds. The molecule has 3 rings (SSSR count). The first-order chi connectivity index (χ1) is 13.4. The van der Waals surface area contributed by atoms with Crippen molar-refractivity contribution in [3.63, 3.8) is 0 Å². The van der Waals surface area contributed by atoms with Crippen LogP contribution >= 0.6 is 38.6 Å². The monoisotopic (exact) mass is 485 g/mol. The molecule has 0 aliphatic carbocycles. The summed E-state index contributed by atoms with van der Waals surface area (Å²) < 4.78 is 27.7. The molecule has 1 aromatic carbocycles. The number of rotatable bonds is 6. The fourth-order valence-corrected chi connectivity index (χ4v) is 4.77. The van der Waals surface area contributed by atoms with Crippen LogP contribution < -0.4 is 10.6 Å². The van der Waals surface area contributed by atoms with E-state index in [0.717, 1.165) is 26.5 Å². The number of amides is 2. The molecule has 0 spiro atoms. The number of aromatic nitrogens is 1. The van der Waals surface area contributed by atoms with Gasteiger partial charge in [0.1, 0.15) is 11.0 Å². The van der Waals surface area contributed by atoms with E-state index in [9.17, 15) is 18.4 Å². The van der Waals surface area contributed by atoms with Gasteiger partial charge in [-0.05, 0) is 39.7 Å². The van der Waals surface area contributed by atoms with Gasteiger partial charge in [-0.15, -0.1) is 22.7 Å². The maximum absolute atomic E-state index is 13.5. The minimum atomic E-state index is -1.14. The molecule has 5 nitrogen and oxygen atoms in total. The number of benzene rings is 1. The van der Waals surface area contributed by atoms with Crippen LogP contribution in [0.3, 0.4) is 0 Å². The van der Waals surface area contributed by atoms with Gasteiger partial charge in [-0.1, -0.05) is 6.07 Å². The standard InChI is InChI=1S/C18H14BrF2N3O2S2/c1-22-17(26)16(9-2-3-12(20)13(21)4-9)24-15(25)6-11-8-28-18(23-11)14-5-10(19)7-27-14/h2-5,7-8,16H,6H2,1H3,(H,22,26)(H,24,25). The SMILES string of the molecule is CNC(=O)C(NC(=O)Cc1csc(-c2cc(Br)cs2)n1)c1ccc(F)c(F)c1. The molecule has 3 aromatic rings. The smallest absolute Gasteiger partial charge is 0.246 e. The van der Waals surface area contributed by atoms with Crippen LogP contribution in [0.4, 0.5) is 8.78 Å². The minimum Gasteiger partial charge on any atom is -0.357 e. The Hall–Kier alpha value is -2.17. The average Bonchev–Trinajstić information content (AvgIpc) is 3.30.